The average molecular weight is 309 g/mol. The van der Waals surface area contributed by atoms with Crippen LogP contribution in [0.5, 0.6) is 0 Å². The Morgan fingerprint density at radius 1 is 1.48 bits per heavy atom. The highest BCUT2D eigenvalue weighted by atomic mass is 35.5. The number of carbonyl (C=O) groups excluding carboxylic acids is 1. The Labute approximate surface area is 127 Å². The fourth-order valence-electron chi connectivity index (χ4n) is 1.79. The molecule has 0 aliphatic rings. The van der Waals surface area contributed by atoms with E-state index < -0.39 is 6.10 Å². The molecule has 0 fully saturated rings. The van der Waals surface area contributed by atoms with Crippen LogP contribution in [0.2, 0.25) is 5.02 Å². The maximum Gasteiger partial charge on any atom is 0.275 e. The third kappa shape index (κ3) is 3.80. The van der Waals surface area contributed by atoms with Gasteiger partial charge in [-0.15, -0.1) is 5.10 Å². The van der Waals surface area contributed by atoms with E-state index in [0.29, 0.717) is 23.7 Å². The molecule has 0 spiro atoms. The zero-order valence-corrected chi connectivity index (χ0v) is 12.7. The van der Waals surface area contributed by atoms with Crippen LogP contribution in [0.4, 0.5) is 0 Å². The van der Waals surface area contributed by atoms with Crippen molar-refractivity contribution in [3.8, 4) is 5.69 Å². The van der Waals surface area contributed by atoms with Crippen molar-refractivity contribution in [2.45, 2.75) is 19.4 Å². The van der Waals surface area contributed by atoms with Gasteiger partial charge in [0.1, 0.15) is 0 Å². The molecule has 21 heavy (non-hydrogen) atoms. The molecule has 1 aromatic carbocycles. The molecule has 1 aromatic heterocycles. The normalized spacial score (nSPS) is 12.2. The van der Waals surface area contributed by atoms with Crippen LogP contribution in [0.15, 0.2) is 30.5 Å². The number of benzene rings is 1. The van der Waals surface area contributed by atoms with E-state index in [2.05, 4.69) is 10.3 Å². The van der Waals surface area contributed by atoms with Gasteiger partial charge in [0, 0.05) is 13.6 Å². The molecule has 112 valence electrons. The van der Waals surface area contributed by atoms with Crippen molar-refractivity contribution in [2.24, 2.45) is 0 Å². The number of hydrogen-bond acceptors (Lipinski definition) is 4. The Morgan fingerprint density at radius 2 is 2.19 bits per heavy atom. The highest BCUT2D eigenvalue weighted by Crippen LogP contribution is 2.18. The topological polar surface area (TPSA) is 71.2 Å². The predicted molar refractivity (Wildman–Crippen MR) is 79.6 cm³/mol. The fraction of sp³-hybridized carbons (Fsp3) is 0.357. The summed E-state index contributed by atoms with van der Waals surface area (Å²) in [6.45, 7) is 2.14. The minimum Gasteiger partial charge on any atom is -0.393 e. The van der Waals surface area contributed by atoms with Crippen LogP contribution < -0.4 is 0 Å². The molecule has 1 amide bonds. The SMILES string of the molecule is CC(O)CCN(C)C(=O)c1cn(-c2ccccc2Cl)nn1. The van der Waals surface area contributed by atoms with Gasteiger partial charge in [0.25, 0.3) is 5.91 Å². The number of aliphatic hydroxyl groups excluding tert-OH is 1. The molecule has 0 aliphatic carbocycles. The lowest BCUT2D eigenvalue weighted by atomic mass is 10.2. The lowest BCUT2D eigenvalue weighted by Crippen LogP contribution is -2.29. The molecule has 7 heteroatoms. The van der Waals surface area contributed by atoms with Crippen LogP contribution in [0.1, 0.15) is 23.8 Å². The molecule has 0 aliphatic heterocycles. The number of aliphatic hydroxyl groups is 1. The Balaban J connectivity index is 2.13. The predicted octanol–water partition coefficient (Wildman–Crippen LogP) is 1.76. The summed E-state index contributed by atoms with van der Waals surface area (Å²) in [5.74, 6) is -0.242. The Bertz CT molecular complexity index is 627. The summed E-state index contributed by atoms with van der Waals surface area (Å²) in [4.78, 5) is 13.7. The van der Waals surface area contributed by atoms with E-state index in [1.54, 1.807) is 32.3 Å². The Kier molecular flexibility index (Phi) is 4.93. The summed E-state index contributed by atoms with van der Waals surface area (Å²) in [5.41, 5.74) is 0.903. The van der Waals surface area contributed by atoms with Gasteiger partial charge in [0.15, 0.2) is 5.69 Å². The Hall–Kier alpha value is -1.92. The second-order valence-electron chi connectivity index (χ2n) is 4.86. The number of nitrogens with zero attached hydrogens (tertiary/aromatic N) is 4. The van der Waals surface area contributed by atoms with Crippen molar-refractivity contribution in [2.75, 3.05) is 13.6 Å². The van der Waals surface area contributed by atoms with Gasteiger partial charge >= 0.3 is 0 Å². The molecule has 2 rings (SSSR count). The minimum atomic E-state index is -0.445. The van der Waals surface area contributed by atoms with E-state index >= 15 is 0 Å². The van der Waals surface area contributed by atoms with Gasteiger partial charge in [-0.2, -0.15) is 0 Å². The Morgan fingerprint density at radius 3 is 2.86 bits per heavy atom. The number of carbonyl (C=O) groups is 1. The van der Waals surface area contributed by atoms with Crippen LogP contribution in [0, 0.1) is 0 Å². The van der Waals surface area contributed by atoms with Crippen molar-refractivity contribution >= 4 is 17.5 Å². The van der Waals surface area contributed by atoms with E-state index in [4.69, 9.17) is 11.6 Å². The molecule has 1 unspecified atom stereocenters. The molecule has 0 bridgehead atoms. The molecule has 0 saturated heterocycles. The first-order chi connectivity index (χ1) is 9.99. The van der Waals surface area contributed by atoms with Gasteiger partial charge in [-0.05, 0) is 25.5 Å². The fourth-order valence-corrected chi connectivity index (χ4v) is 2.02. The third-order valence-electron chi connectivity index (χ3n) is 3.04. The quantitative estimate of drug-likeness (QED) is 0.913. The van der Waals surface area contributed by atoms with Gasteiger partial charge in [-0.3, -0.25) is 4.79 Å². The van der Waals surface area contributed by atoms with Crippen LogP contribution in [0.3, 0.4) is 0 Å². The zero-order valence-electron chi connectivity index (χ0n) is 11.9. The highest BCUT2D eigenvalue weighted by molar-refractivity contribution is 6.32. The van der Waals surface area contributed by atoms with Gasteiger partial charge in [0.05, 0.1) is 23.0 Å². The van der Waals surface area contributed by atoms with Gasteiger partial charge in [0.2, 0.25) is 0 Å². The summed E-state index contributed by atoms with van der Waals surface area (Å²) in [6, 6.07) is 7.19. The minimum absolute atomic E-state index is 0.239. The molecule has 1 atom stereocenters. The summed E-state index contributed by atoms with van der Waals surface area (Å²) < 4.78 is 1.47. The zero-order chi connectivity index (χ0) is 15.4. The molecular formula is C14H17ClN4O2. The maximum atomic E-state index is 12.2. The molecule has 2 aromatic rings. The van der Waals surface area contributed by atoms with Crippen molar-refractivity contribution in [1.82, 2.24) is 19.9 Å². The smallest absolute Gasteiger partial charge is 0.275 e. The second kappa shape index (κ2) is 6.69. The second-order valence-corrected chi connectivity index (χ2v) is 5.27. The molecule has 1 N–H and O–H groups in total. The third-order valence-corrected chi connectivity index (χ3v) is 3.36. The van der Waals surface area contributed by atoms with Gasteiger partial charge < -0.3 is 10.0 Å². The van der Waals surface area contributed by atoms with Crippen LogP contribution in [-0.2, 0) is 0 Å². The average Bonchev–Trinajstić information content (AvgIpc) is 2.94. The van der Waals surface area contributed by atoms with E-state index in [0.717, 1.165) is 0 Å². The molecule has 6 nitrogen and oxygen atoms in total. The summed E-state index contributed by atoms with van der Waals surface area (Å²) in [6.07, 6.45) is 1.61. The standard InChI is InChI=1S/C14H17ClN4O2/c1-10(20)7-8-18(2)14(21)12-9-19(17-16-12)13-6-4-3-5-11(13)15/h3-6,9-10,20H,7-8H2,1-2H3. The first kappa shape index (κ1) is 15.5. The number of para-hydroxylation sites is 1. The van der Waals surface area contributed by atoms with Crippen LogP contribution in [-0.4, -0.2) is 50.6 Å². The molecular weight excluding hydrogens is 292 g/mol. The highest BCUT2D eigenvalue weighted by Gasteiger charge is 2.17. The van der Waals surface area contributed by atoms with Crippen molar-refractivity contribution in [3.63, 3.8) is 0 Å². The van der Waals surface area contributed by atoms with Crippen LogP contribution in [0.25, 0.3) is 5.69 Å². The first-order valence-corrected chi connectivity index (χ1v) is 6.97. The van der Waals surface area contributed by atoms with Crippen molar-refractivity contribution < 1.29 is 9.90 Å². The number of aromatic nitrogens is 3. The monoisotopic (exact) mass is 308 g/mol. The van der Waals surface area contributed by atoms with E-state index in [-0.39, 0.29) is 11.6 Å². The molecule has 1 heterocycles. The number of hydrogen-bond donors (Lipinski definition) is 1. The van der Waals surface area contributed by atoms with E-state index in [9.17, 15) is 9.90 Å². The van der Waals surface area contributed by atoms with Crippen molar-refractivity contribution in [1.29, 1.82) is 0 Å². The molecule has 0 radical (unpaired) electrons. The number of amides is 1. The van der Waals surface area contributed by atoms with Gasteiger partial charge in [-0.25, -0.2) is 4.68 Å². The maximum absolute atomic E-state index is 12.2. The largest absolute Gasteiger partial charge is 0.393 e. The molecule has 0 saturated carbocycles. The van der Waals surface area contributed by atoms with Crippen LogP contribution >= 0.6 is 11.6 Å². The number of halogens is 1. The lowest BCUT2D eigenvalue weighted by molar-refractivity contribution is 0.0763. The summed E-state index contributed by atoms with van der Waals surface area (Å²) in [7, 11) is 1.67. The van der Waals surface area contributed by atoms with E-state index in [1.165, 1.54) is 9.58 Å². The summed E-state index contributed by atoms with van der Waals surface area (Å²) in [5, 5.41) is 17.6. The van der Waals surface area contributed by atoms with Gasteiger partial charge in [-0.1, -0.05) is 28.9 Å². The lowest BCUT2D eigenvalue weighted by Gasteiger charge is -2.16. The first-order valence-electron chi connectivity index (χ1n) is 6.60. The van der Waals surface area contributed by atoms with E-state index in [1.807, 2.05) is 12.1 Å². The van der Waals surface area contributed by atoms with Crippen molar-refractivity contribution in [3.05, 3.63) is 41.2 Å². The summed E-state index contributed by atoms with van der Waals surface area (Å²) >= 11 is 6.08. The number of rotatable bonds is 5.